The van der Waals surface area contributed by atoms with Crippen LogP contribution in [0.1, 0.15) is 51.4 Å². The third-order valence-corrected chi connectivity index (χ3v) is 2.44. The first-order chi connectivity index (χ1) is 7.66. The Hall–Kier alpha value is -0.810. The molecule has 0 fully saturated rings. The molecule has 0 saturated heterocycles. The van der Waals surface area contributed by atoms with E-state index in [4.69, 9.17) is 16.6 Å². The number of nitrogens with two attached hydrogens (primary N) is 2. The van der Waals surface area contributed by atoms with Crippen LogP contribution < -0.4 is 11.5 Å². The number of carbonyl (C=O) groups is 1. The van der Waals surface area contributed by atoms with E-state index in [0.29, 0.717) is 6.42 Å². The molecule has 16 heavy (non-hydrogen) atoms. The second kappa shape index (κ2) is 10.7. The molecule has 1 unspecified atom stereocenters. The van der Waals surface area contributed by atoms with Crippen LogP contribution in [0.25, 0.3) is 0 Å². The summed E-state index contributed by atoms with van der Waals surface area (Å²) in [6, 6.07) is 0. The molecular weight excluding hydrogens is 208 g/mol. The Morgan fingerprint density at radius 2 is 1.56 bits per heavy atom. The molecule has 0 amide bonds. The Bertz CT molecular complexity index is 177. The van der Waals surface area contributed by atoms with Gasteiger partial charge in [0, 0.05) is 0 Å². The number of carboxylic acid groups (broad SMARTS) is 1. The fourth-order valence-electron chi connectivity index (χ4n) is 1.56. The summed E-state index contributed by atoms with van der Waals surface area (Å²) >= 11 is 0. The van der Waals surface area contributed by atoms with Gasteiger partial charge in [0.2, 0.25) is 0 Å². The summed E-state index contributed by atoms with van der Waals surface area (Å²) in [5, 5.41) is 8.29. The van der Waals surface area contributed by atoms with Crippen LogP contribution in [0.15, 0.2) is 0 Å². The lowest BCUT2D eigenvalue weighted by molar-refractivity contribution is 0.0498. The van der Waals surface area contributed by atoms with Crippen molar-refractivity contribution in [1.29, 1.82) is 0 Å². The van der Waals surface area contributed by atoms with Gasteiger partial charge in [-0.15, -0.1) is 0 Å². The van der Waals surface area contributed by atoms with E-state index < -0.39 is 12.4 Å². The summed E-state index contributed by atoms with van der Waals surface area (Å²) in [5.41, 5.74) is 10.8. The number of hydrogen-bond donors (Lipinski definition) is 3. The van der Waals surface area contributed by atoms with Gasteiger partial charge in [-0.25, -0.2) is 4.79 Å². The molecular formula is C11H24N2O3. The Morgan fingerprint density at radius 3 is 2.06 bits per heavy atom. The molecule has 0 bridgehead atoms. The molecule has 0 heterocycles. The molecule has 5 heteroatoms. The van der Waals surface area contributed by atoms with E-state index >= 15 is 0 Å². The van der Waals surface area contributed by atoms with Gasteiger partial charge < -0.3 is 15.6 Å². The highest BCUT2D eigenvalue weighted by Crippen LogP contribution is 2.09. The van der Waals surface area contributed by atoms with Gasteiger partial charge in [0.1, 0.15) is 0 Å². The van der Waals surface area contributed by atoms with Gasteiger partial charge in [0.15, 0.2) is 6.23 Å². The smallest absolute Gasteiger partial charge is 0.450 e. The summed E-state index contributed by atoms with van der Waals surface area (Å²) in [5.74, 6) is 0. The maximum Gasteiger partial charge on any atom is 0.507 e. The van der Waals surface area contributed by atoms with Crippen LogP contribution in [-0.4, -0.2) is 24.0 Å². The van der Waals surface area contributed by atoms with E-state index in [9.17, 15) is 4.79 Å². The molecule has 5 nitrogen and oxygen atoms in total. The molecule has 0 aromatic heterocycles. The summed E-state index contributed by atoms with van der Waals surface area (Å²) in [6.45, 7) is 0.779. The number of ether oxygens (including phenoxy) is 1. The average molecular weight is 232 g/mol. The van der Waals surface area contributed by atoms with Crippen molar-refractivity contribution in [3.63, 3.8) is 0 Å². The maximum atomic E-state index is 10.1. The molecule has 5 N–H and O–H groups in total. The minimum atomic E-state index is -1.30. The molecule has 1 atom stereocenters. The predicted octanol–water partition coefficient (Wildman–Crippen LogP) is 2.05. The summed E-state index contributed by atoms with van der Waals surface area (Å²) in [7, 11) is 0. The van der Waals surface area contributed by atoms with E-state index in [2.05, 4.69) is 4.74 Å². The quantitative estimate of drug-likeness (QED) is 0.304. The Balaban J connectivity index is 3.11. The van der Waals surface area contributed by atoms with Crippen LogP contribution in [0.2, 0.25) is 0 Å². The Labute approximate surface area is 97.1 Å². The average Bonchev–Trinajstić information content (AvgIpc) is 2.21. The molecule has 0 aliphatic heterocycles. The van der Waals surface area contributed by atoms with Gasteiger partial charge >= 0.3 is 6.16 Å². The van der Waals surface area contributed by atoms with E-state index in [-0.39, 0.29) is 0 Å². The van der Waals surface area contributed by atoms with Crippen molar-refractivity contribution < 1.29 is 14.6 Å². The monoisotopic (exact) mass is 232 g/mol. The van der Waals surface area contributed by atoms with Crippen molar-refractivity contribution in [2.75, 3.05) is 6.54 Å². The van der Waals surface area contributed by atoms with Gasteiger partial charge in [-0.2, -0.15) is 0 Å². The van der Waals surface area contributed by atoms with Crippen LogP contribution >= 0.6 is 0 Å². The van der Waals surface area contributed by atoms with Crippen LogP contribution in [0.4, 0.5) is 4.79 Å². The highest BCUT2D eigenvalue weighted by atomic mass is 16.7. The van der Waals surface area contributed by atoms with E-state index in [1.54, 1.807) is 0 Å². The minimum Gasteiger partial charge on any atom is -0.450 e. The molecule has 0 saturated carbocycles. The fraction of sp³-hybridized carbons (Fsp3) is 0.909. The van der Waals surface area contributed by atoms with Crippen molar-refractivity contribution in [3.8, 4) is 0 Å². The SMILES string of the molecule is NCCCCCCCCCC(N)OC(=O)O. The van der Waals surface area contributed by atoms with Crippen molar-refractivity contribution in [2.45, 2.75) is 57.6 Å². The summed E-state index contributed by atoms with van der Waals surface area (Å²) in [6.07, 6.45) is 6.58. The Morgan fingerprint density at radius 1 is 1.06 bits per heavy atom. The van der Waals surface area contributed by atoms with Crippen molar-refractivity contribution in [1.82, 2.24) is 0 Å². The molecule has 0 aliphatic carbocycles. The van der Waals surface area contributed by atoms with Crippen molar-refractivity contribution in [2.24, 2.45) is 11.5 Å². The lowest BCUT2D eigenvalue weighted by atomic mass is 10.1. The van der Waals surface area contributed by atoms with Crippen LogP contribution in [-0.2, 0) is 4.74 Å². The summed E-state index contributed by atoms with van der Waals surface area (Å²) in [4.78, 5) is 10.1. The topological polar surface area (TPSA) is 98.6 Å². The third kappa shape index (κ3) is 11.3. The zero-order valence-corrected chi connectivity index (χ0v) is 9.86. The molecule has 0 aromatic rings. The van der Waals surface area contributed by atoms with E-state index in [1.807, 2.05) is 0 Å². The maximum absolute atomic E-state index is 10.1. The molecule has 0 radical (unpaired) electrons. The largest absolute Gasteiger partial charge is 0.507 e. The lowest BCUT2D eigenvalue weighted by Crippen LogP contribution is -2.26. The zero-order valence-electron chi connectivity index (χ0n) is 9.86. The third-order valence-electron chi connectivity index (χ3n) is 2.44. The lowest BCUT2D eigenvalue weighted by Gasteiger charge is -2.09. The Kier molecular flexibility index (Phi) is 10.2. The van der Waals surface area contributed by atoms with Gasteiger partial charge in [0.25, 0.3) is 0 Å². The number of rotatable bonds is 10. The first-order valence-electron chi connectivity index (χ1n) is 6.02. The normalized spacial score (nSPS) is 12.4. The zero-order chi connectivity index (χ0) is 12.2. The predicted molar refractivity (Wildman–Crippen MR) is 63.1 cm³/mol. The fourth-order valence-corrected chi connectivity index (χ4v) is 1.56. The first kappa shape index (κ1) is 15.2. The highest BCUT2D eigenvalue weighted by Gasteiger charge is 2.06. The molecule has 96 valence electrons. The standard InChI is InChI=1S/C11H24N2O3/c12-9-7-5-3-1-2-4-6-8-10(13)16-11(14)15/h10H,1-9,12-13H2,(H,14,15). The van der Waals surface area contributed by atoms with E-state index in [0.717, 1.165) is 25.8 Å². The van der Waals surface area contributed by atoms with Crippen molar-refractivity contribution in [3.05, 3.63) is 0 Å². The molecule has 0 aliphatic rings. The van der Waals surface area contributed by atoms with Crippen LogP contribution in [0.3, 0.4) is 0 Å². The molecule has 0 rings (SSSR count). The van der Waals surface area contributed by atoms with Crippen LogP contribution in [0, 0.1) is 0 Å². The summed E-state index contributed by atoms with van der Waals surface area (Å²) < 4.78 is 4.39. The first-order valence-corrected chi connectivity index (χ1v) is 6.02. The second-order valence-corrected chi connectivity index (χ2v) is 3.97. The van der Waals surface area contributed by atoms with Gasteiger partial charge in [-0.05, 0) is 25.8 Å². The van der Waals surface area contributed by atoms with Crippen LogP contribution in [0.5, 0.6) is 0 Å². The van der Waals surface area contributed by atoms with Gasteiger partial charge in [-0.1, -0.05) is 32.1 Å². The second-order valence-electron chi connectivity index (χ2n) is 3.97. The number of unbranched alkanes of at least 4 members (excludes halogenated alkanes) is 6. The molecule has 0 aromatic carbocycles. The molecule has 0 spiro atoms. The number of hydrogen-bond acceptors (Lipinski definition) is 4. The van der Waals surface area contributed by atoms with Gasteiger partial charge in [-0.3, -0.25) is 5.73 Å². The van der Waals surface area contributed by atoms with E-state index in [1.165, 1.54) is 25.7 Å². The van der Waals surface area contributed by atoms with Gasteiger partial charge in [0.05, 0.1) is 0 Å². The highest BCUT2D eigenvalue weighted by molar-refractivity contribution is 5.56. The minimum absolute atomic E-state index is 0.606. The van der Waals surface area contributed by atoms with Crippen molar-refractivity contribution >= 4 is 6.16 Å².